The van der Waals surface area contributed by atoms with Crippen molar-refractivity contribution in [3.8, 4) is 0 Å². The molecular weight excluding hydrogens is 430 g/mol. The molecule has 1 saturated heterocycles. The van der Waals surface area contributed by atoms with E-state index >= 15 is 0 Å². The minimum absolute atomic E-state index is 0.0161. The van der Waals surface area contributed by atoms with Crippen molar-refractivity contribution in [2.75, 3.05) is 43.5 Å². The normalized spacial score (nSPS) is 14.3. The second-order valence-corrected chi connectivity index (χ2v) is 7.87. The van der Waals surface area contributed by atoms with Crippen LogP contribution in [0.4, 0.5) is 20.2 Å². The molecule has 4 rings (SSSR count). The molecular formula is C24H24F2N4O3. The van der Waals surface area contributed by atoms with Gasteiger partial charge in [-0.15, -0.1) is 0 Å². The summed E-state index contributed by atoms with van der Waals surface area (Å²) in [4.78, 5) is 31.6. The van der Waals surface area contributed by atoms with Gasteiger partial charge in [0.05, 0.1) is 30.0 Å². The third-order valence-electron chi connectivity index (χ3n) is 5.40. The van der Waals surface area contributed by atoms with Crippen molar-refractivity contribution in [2.24, 2.45) is 0 Å². The van der Waals surface area contributed by atoms with E-state index < -0.39 is 17.5 Å². The highest BCUT2D eigenvalue weighted by atomic mass is 19.1. The zero-order valence-electron chi connectivity index (χ0n) is 18.2. The van der Waals surface area contributed by atoms with Crippen LogP contribution < -0.4 is 10.6 Å². The molecule has 7 nitrogen and oxygen atoms in total. The van der Waals surface area contributed by atoms with Gasteiger partial charge in [0.2, 0.25) is 5.91 Å². The number of nitrogens with one attached hydrogen (secondary N) is 2. The van der Waals surface area contributed by atoms with Gasteiger partial charge < -0.3 is 15.4 Å². The third kappa shape index (κ3) is 5.68. The van der Waals surface area contributed by atoms with E-state index in [9.17, 15) is 18.4 Å². The number of nitrogens with zero attached hydrogens (tertiary/aromatic N) is 2. The van der Waals surface area contributed by atoms with Crippen molar-refractivity contribution in [1.29, 1.82) is 0 Å². The van der Waals surface area contributed by atoms with E-state index in [1.807, 2.05) is 0 Å². The van der Waals surface area contributed by atoms with Gasteiger partial charge in [-0.05, 0) is 43.3 Å². The van der Waals surface area contributed by atoms with Crippen LogP contribution >= 0.6 is 0 Å². The molecule has 3 aromatic rings. The number of aromatic nitrogens is 1. The van der Waals surface area contributed by atoms with Crippen LogP contribution in [0.5, 0.6) is 0 Å². The number of carbonyl (C=O) groups is 2. The summed E-state index contributed by atoms with van der Waals surface area (Å²) in [6.45, 7) is 5.07. The van der Waals surface area contributed by atoms with Gasteiger partial charge in [-0.1, -0.05) is 0 Å². The van der Waals surface area contributed by atoms with Gasteiger partial charge in [-0.3, -0.25) is 19.5 Å². The first-order valence-corrected chi connectivity index (χ1v) is 10.7. The van der Waals surface area contributed by atoms with Gasteiger partial charge in [0, 0.05) is 48.9 Å². The Balaban J connectivity index is 1.46. The second kappa shape index (κ2) is 10.0. The highest BCUT2D eigenvalue weighted by molar-refractivity contribution is 6.12. The molecule has 1 aliphatic rings. The Bertz CT molecular complexity index is 1190. The topological polar surface area (TPSA) is 83.6 Å². The molecule has 9 heteroatoms. The van der Waals surface area contributed by atoms with Gasteiger partial charge in [0.15, 0.2) is 0 Å². The largest absolute Gasteiger partial charge is 0.379 e. The van der Waals surface area contributed by atoms with Gasteiger partial charge in [0.25, 0.3) is 5.91 Å². The first-order chi connectivity index (χ1) is 15.9. The summed E-state index contributed by atoms with van der Waals surface area (Å²) in [5.74, 6) is -1.82. The Morgan fingerprint density at radius 2 is 1.85 bits per heavy atom. The van der Waals surface area contributed by atoms with E-state index in [4.69, 9.17) is 4.74 Å². The molecule has 0 spiro atoms. The third-order valence-corrected chi connectivity index (χ3v) is 5.40. The molecule has 172 valence electrons. The monoisotopic (exact) mass is 454 g/mol. The van der Waals surface area contributed by atoms with Crippen molar-refractivity contribution in [2.45, 2.75) is 13.3 Å². The van der Waals surface area contributed by atoms with Crippen molar-refractivity contribution < 1.29 is 23.1 Å². The Labute approximate surface area is 189 Å². The fourth-order valence-corrected chi connectivity index (χ4v) is 3.72. The van der Waals surface area contributed by atoms with Crippen LogP contribution in [-0.2, 0) is 9.53 Å². The molecule has 0 saturated carbocycles. The predicted octanol–water partition coefficient (Wildman–Crippen LogP) is 3.73. The summed E-state index contributed by atoms with van der Waals surface area (Å²) in [6.07, 6.45) is 0.217. The van der Waals surface area contributed by atoms with Crippen LogP contribution in [0.25, 0.3) is 10.9 Å². The lowest BCUT2D eigenvalue weighted by Gasteiger charge is -2.26. The number of pyridine rings is 1. The highest BCUT2D eigenvalue weighted by Gasteiger charge is 2.16. The van der Waals surface area contributed by atoms with Crippen molar-refractivity contribution in [1.82, 2.24) is 9.88 Å². The first kappa shape index (κ1) is 22.8. The molecule has 0 bridgehead atoms. The number of morpholine rings is 1. The standard InChI is InChI=1S/C24H24F2N4O3/c1-15-12-19(18-4-2-16(25)13-21(18)27-15)24(32)28-17-3-5-20(26)22(14-17)29-23(31)6-7-30-8-10-33-11-9-30/h2-5,12-14H,6-11H2,1H3,(H,28,32)(H,29,31). The number of halogens is 2. The summed E-state index contributed by atoms with van der Waals surface area (Å²) in [5, 5.41) is 5.79. The van der Waals surface area contributed by atoms with E-state index in [0.29, 0.717) is 47.6 Å². The van der Waals surface area contributed by atoms with E-state index in [1.54, 1.807) is 13.0 Å². The van der Waals surface area contributed by atoms with E-state index in [0.717, 1.165) is 13.1 Å². The number of anilines is 2. The number of amides is 2. The van der Waals surface area contributed by atoms with Crippen molar-refractivity contribution >= 4 is 34.1 Å². The van der Waals surface area contributed by atoms with E-state index in [2.05, 4.69) is 20.5 Å². The average molecular weight is 454 g/mol. The van der Waals surface area contributed by atoms with Crippen molar-refractivity contribution in [3.05, 3.63) is 65.4 Å². The number of aryl methyl sites for hydroxylation is 1. The minimum atomic E-state index is -0.603. The Kier molecular flexibility index (Phi) is 6.90. The van der Waals surface area contributed by atoms with Crippen LogP contribution in [-0.4, -0.2) is 54.5 Å². The summed E-state index contributed by atoms with van der Waals surface area (Å²) in [5.41, 5.74) is 1.54. The molecule has 0 atom stereocenters. The molecule has 0 unspecified atom stereocenters. The zero-order valence-corrected chi connectivity index (χ0v) is 18.2. The number of ether oxygens (including phenoxy) is 1. The molecule has 1 fully saturated rings. The number of carbonyl (C=O) groups excluding carboxylic acids is 2. The quantitative estimate of drug-likeness (QED) is 0.593. The van der Waals surface area contributed by atoms with Crippen LogP contribution in [0, 0.1) is 18.6 Å². The lowest BCUT2D eigenvalue weighted by Crippen LogP contribution is -2.38. The smallest absolute Gasteiger partial charge is 0.256 e. The van der Waals surface area contributed by atoms with E-state index in [1.165, 1.54) is 36.4 Å². The number of fused-ring (bicyclic) bond motifs is 1. The molecule has 2 N–H and O–H groups in total. The summed E-state index contributed by atoms with van der Waals surface area (Å²) >= 11 is 0. The molecule has 1 aliphatic heterocycles. The molecule has 0 radical (unpaired) electrons. The Hall–Kier alpha value is -3.43. The van der Waals surface area contributed by atoms with Crippen LogP contribution in [0.1, 0.15) is 22.5 Å². The van der Waals surface area contributed by atoms with Crippen LogP contribution in [0.3, 0.4) is 0 Å². The fourth-order valence-electron chi connectivity index (χ4n) is 3.72. The zero-order chi connectivity index (χ0) is 23.4. The molecule has 2 amide bonds. The maximum atomic E-state index is 14.3. The fraction of sp³-hybridized carbons (Fsp3) is 0.292. The highest BCUT2D eigenvalue weighted by Crippen LogP contribution is 2.23. The van der Waals surface area contributed by atoms with Crippen LogP contribution in [0.2, 0.25) is 0 Å². The summed E-state index contributed by atoms with van der Waals surface area (Å²) in [6, 6.07) is 9.59. The second-order valence-electron chi connectivity index (χ2n) is 7.87. The number of hydrogen-bond donors (Lipinski definition) is 2. The van der Waals surface area contributed by atoms with Gasteiger partial charge >= 0.3 is 0 Å². The summed E-state index contributed by atoms with van der Waals surface area (Å²) < 4.78 is 33.1. The molecule has 0 aliphatic carbocycles. The number of rotatable bonds is 6. The van der Waals surface area contributed by atoms with Gasteiger partial charge in [-0.25, -0.2) is 8.78 Å². The average Bonchev–Trinajstić information content (AvgIpc) is 2.79. The minimum Gasteiger partial charge on any atom is -0.379 e. The van der Waals surface area contributed by atoms with Crippen LogP contribution in [0.15, 0.2) is 42.5 Å². The number of benzene rings is 2. The lowest BCUT2D eigenvalue weighted by molar-refractivity contribution is -0.116. The molecule has 2 aromatic carbocycles. The van der Waals surface area contributed by atoms with Gasteiger partial charge in [-0.2, -0.15) is 0 Å². The van der Waals surface area contributed by atoms with Gasteiger partial charge in [0.1, 0.15) is 11.6 Å². The maximum Gasteiger partial charge on any atom is 0.256 e. The maximum absolute atomic E-state index is 14.3. The predicted molar refractivity (Wildman–Crippen MR) is 121 cm³/mol. The SMILES string of the molecule is Cc1cc(C(=O)Nc2ccc(F)c(NC(=O)CCN3CCOCC3)c2)c2ccc(F)cc2n1. The van der Waals surface area contributed by atoms with E-state index in [-0.39, 0.29) is 18.0 Å². The first-order valence-electron chi connectivity index (χ1n) is 10.7. The summed E-state index contributed by atoms with van der Waals surface area (Å²) in [7, 11) is 0. The number of hydrogen-bond acceptors (Lipinski definition) is 5. The van der Waals surface area contributed by atoms with Crippen molar-refractivity contribution in [3.63, 3.8) is 0 Å². The lowest BCUT2D eigenvalue weighted by atomic mass is 10.1. The molecule has 1 aromatic heterocycles. The molecule has 2 heterocycles. The Morgan fingerprint density at radius 1 is 1.06 bits per heavy atom. The Morgan fingerprint density at radius 3 is 2.64 bits per heavy atom. The molecule has 33 heavy (non-hydrogen) atoms.